The van der Waals surface area contributed by atoms with E-state index in [9.17, 15) is 0 Å². The molecule has 4 atom stereocenters. The molecule has 2 rings (SSSR count). The Morgan fingerprint density at radius 1 is 1.38 bits per heavy atom. The van der Waals surface area contributed by atoms with Gasteiger partial charge in [0.1, 0.15) is 0 Å². The number of rotatable bonds is 4. The molecule has 0 aliphatic heterocycles. The first kappa shape index (κ1) is 9.85. The first-order valence-electron chi connectivity index (χ1n) is 5.54. The Morgan fingerprint density at radius 3 is 2.77 bits per heavy atom. The standard InChI is InChI=1S/C11H21NS/c1-13-7-11(12)6-10-5-8-2-3-9(10)4-8/h8-11H,2-7,12H2,1H3. The van der Waals surface area contributed by atoms with E-state index in [0.29, 0.717) is 6.04 Å². The lowest BCUT2D eigenvalue weighted by atomic mass is 9.85. The molecule has 0 amide bonds. The molecule has 2 saturated carbocycles. The van der Waals surface area contributed by atoms with Crippen LogP contribution in [0.15, 0.2) is 0 Å². The van der Waals surface area contributed by atoms with Crippen molar-refractivity contribution in [2.24, 2.45) is 23.5 Å². The smallest absolute Gasteiger partial charge is 0.0133 e. The van der Waals surface area contributed by atoms with Crippen LogP contribution >= 0.6 is 11.8 Å². The SMILES string of the molecule is CSCC(N)CC1CC2CCC1C2. The predicted molar refractivity (Wildman–Crippen MR) is 59.9 cm³/mol. The summed E-state index contributed by atoms with van der Waals surface area (Å²) in [6.07, 6.45) is 9.48. The van der Waals surface area contributed by atoms with E-state index in [-0.39, 0.29) is 0 Å². The maximum Gasteiger partial charge on any atom is 0.0133 e. The average molecular weight is 199 g/mol. The van der Waals surface area contributed by atoms with Crippen LogP contribution < -0.4 is 5.73 Å². The van der Waals surface area contributed by atoms with E-state index in [1.165, 1.54) is 32.1 Å². The summed E-state index contributed by atoms with van der Waals surface area (Å²) in [5, 5.41) is 0. The molecule has 2 bridgehead atoms. The summed E-state index contributed by atoms with van der Waals surface area (Å²) in [7, 11) is 0. The highest BCUT2D eigenvalue weighted by Crippen LogP contribution is 2.49. The van der Waals surface area contributed by atoms with Crippen molar-refractivity contribution in [1.29, 1.82) is 0 Å². The van der Waals surface area contributed by atoms with Gasteiger partial charge in [0.05, 0.1) is 0 Å². The molecule has 76 valence electrons. The molecule has 2 heteroatoms. The molecule has 0 aromatic heterocycles. The molecule has 4 unspecified atom stereocenters. The lowest BCUT2D eigenvalue weighted by molar-refractivity contribution is 0.301. The fourth-order valence-electron chi connectivity index (χ4n) is 3.34. The number of hydrogen-bond acceptors (Lipinski definition) is 2. The minimum absolute atomic E-state index is 0.458. The summed E-state index contributed by atoms with van der Waals surface area (Å²) in [5.41, 5.74) is 6.07. The summed E-state index contributed by atoms with van der Waals surface area (Å²) in [4.78, 5) is 0. The maximum atomic E-state index is 6.07. The van der Waals surface area contributed by atoms with Crippen LogP contribution in [0.3, 0.4) is 0 Å². The minimum Gasteiger partial charge on any atom is -0.327 e. The normalized spacial score (nSPS) is 39.7. The van der Waals surface area contributed by atoms with Crippen molar-refractivity contribution >= 4 is 11.8 Å². The van der Waals surface area contributed by atoms with Gasteiger partial charge in [0.25, 0.3) is 0 Å². The zero-order chi connectivity index (χ0) is 9.26. The van der Waals surface area contributed by atoms with Gasteiger partial charge in [-0.2, -0.15) is 11.8 Å². The topological polar surface area (TPSA) is 26.0 Å². The lowest BCUT2D eigenvalue weighted by Gasteiger charge is -2.24. The number of nitrogens with two attached hydrogens (primary N) is 1. The third-order valence-electron chi connectivity index (χ3n) is 3.87. The summed E-state index contributed by atoms with van der Waals surface area (Å²) >= 11 is 1.89. The maximum absolute atomic E-state index is 6.07. The second kappa shape index (κ2) is 4.22. The summed E-state index contributed by atoms with van der Waals surface area (Å²) in [6, 6.07) is 0.458. The van der Waals surface area contributed by atoms with Gasteiger partial charge in [-0.25, -0.2) is 0 Å². The molecule has 0 radical (unpaired) electrons. The highest BCUT2D eigenvalue weighted by molar-refractivity contribution is 7.98. The molecule has 0 aromatic rings. The lowest BCUT2D eigenvalue weighted by Crippen LogP contribution is -2.28. The van der Waals surface area contributed by atoms with Crippen LogP contribution in [-0.4, -0.2) is 18.1 Å². The van der Waals surface area contributed by atoms with Gasteiger partial charge in [0.15, 0.2) is 0 Å². The number of thioether (sulfide) groups is 1. The van der Waals surface area contributed by atoms with Gasteiger partial charge in [-0.3, -0.25) is 0 Å². The first-order chi connectivity index (χ1) is 6.29. The van der Waals surface area contributed by atoms with E-state index in [4.69, 9.17) is 5.73 Å². The van der Waals surface area contributed by atoms with Crippen LogP contribution in [0, 0.1) is 17.8 Å². The second-order valence-electron chi connectivity index (χ2n) is 4.89. The highest BCUT2D eigenvalue weighted by atomic mass is 32.2. The molecule has 13 heavy (non-hydrogen) atoms. The monoisotopic (exact) mass is 199 g/mol. The summed E-state index contributed by atoms with van der Waals surface area (Å²) < 4.78 is 0. The van der Waals surface area contributed by atoms with Crippen molar-refractivity contribution in [2.45, 2.75) is 38.1 Å². The van der Waals surface area contributed by atoms with Crippen molar-refractivity contribution in [1.82, 2.24) is 0 Å². The van der Waals surface area contributed by atoms with Gasteiger partial charge in [0.2, 0.25) is 0 Å². The predicted octanol–water partition coefficient (Wildman–Crippen LogP) is 2.50. The van der Waals surface area contributed by atoms with Gasteiger partial charge >= 0.3 is 0 Å². The van der Waals surface area contributed by atoms with Crippen LogP contribution in [-0.2, 0) is 0 Å². The van der Waals surface area contributed by atoms with Gasteiger partial charge in [-0.05, 0) is 49.7 Å². The molecule has 2 aliphatic carbocycles. The quantitative estimate of drug-likeness (QED) is 0.753. The zero-order valence-electron chi connectivity index (χ0n) is 8.54. The molecule has 0 heterocycles. The first-order valence-corrected chi connectivity index (χ1v) is 6.93. The van der Waals surface area contributed by atoms with Crippen LogP contribution in [0.5, 0.6) is 0 Å². The third-order valence-corrected chi connectivity index (χ3v) is 4.63. The molecular formula is C11H21NS. The zero-order valence-corrected chi connectivity index (χ0v) is 9.35. The summed E-state index contributed by atoms with van der Waals surface area (Å²) in [6.45, 7) is 0. The highest BCUT2D eigenvalue weighted by Gasteiger charge is 2.39. The van der Waals surface area contributed by atoms with Crippen LogP contribution in [0.4, 0.5) is 0 Å². The largest absolute Gasteiger partial charge is 0.327 e. The average Bonchev–Trinajstić information content (AvgIpc) is 2.65. The van der Waals surface area contributed by atoms with Crippen molar-refractivity contribution in [3.63, 3.8) is 0 Å². The second-order valence-corrected chi connectivity index (χ2v) is 5.80. The van der Waals surface area contributed by atoms with Gasteiger partial charge < -0.3 is 5.73 Å². The molecule has 0 spiro atoms. The third kappa shape index (κ3) is 2.21. The Hall–Kier alpha value is 0.310. The van der Waals surface area contributed by atoms with E-state index in [1.54, 1.807) is 0 Å². The van der Waals surface area contributed by atoms with Gasteiger partial charge in [-0.1, -0.05) is 6.42 Å². The molecule has 2 aliphatic rings. The van der Waals surface area contributed by atoms with Crippen molar-refractivity contribution in [2.75, 3.05) is 12.0 Å². The van der Waals surface area contributed by atoms with E-state index in [1.807, 2.05) is 11.8 Å². The fourth-order valence-corrected chi connectivity index (χ4v) is 3.90. The Morgan fingerprint density at radius 2 is 2.23 bits per heavy atom. The summed E-state index contributed by atoms with van der Waals surface area (Å²) in [5.74, 6) is 4.27. The molecule has 1 nitrogen and oxygen atoms in total. The van der Waals surface area contributed by atoms with E-state index in [0.717, 1.165) is 23.5 Å². The van der Waals surface area contributed by atoms with Crippen LogP contribution in [0.25, 0.3) is 0 Å². The number of fused-ring (bicyclic) bond motifs is 2. The Kier molecular flexibility index (Phi) is 3.20. The van der Waals surface area contributed by atoms with Crippen molar-refractivity contribution in [3.05, 3.63) is 0 Å². The minimum atomic E-state index is 0.458. The van der Waals surface area contributed by atoms with Gasteiger partial charge in [-0.15, -0.1) is 0 Å². The van der Waals surface area contributed by atoms with Crippen LogP contribution in [0.1, 0.15) is 32.1 Å². The van der Waals surface area contributed by atoms with Crippen LogP contribution in [0.2, 0.25) is 0 Å². The van der Waals surface area contributed by atoms with Crippen molar-refractivity contribution in [3.8, 4) is 0 Å². The van der Waals surface area contributed by atoms with Crippen molar-refractivity contribution < 1.29 is 0 Å². The molecule has 0 saturated heterocycles. The molecule has 0 aromatic carbocycles. The fraction of sp³-hybridized carbons (Fsp3) is 1.00. The molecular weight excluding hydrogens is 178 g/mol. The Labute approximate surface area is 85.8 Å². The van der Waals surface area contributed by atoms with Gasteiger partial charge in [0, 0.05) is 11.8 Å². The molecule has 2 N–H and O–H groups in total. The number of hydrogen-bond donors (Lipinski definition) is 1. The van der Waals surface area contributed by atoms with E-state index < -0.39 is 0 Å². The van der Waals surface area contributed by atoms with E-state index in [2.05, 4.69) is 6.26 Å². The Bertz CT molecular complexity index is 171. The molecule has 2 fully saturated rings. The van der Waals surface area contributed by atoms with E-state index >= 15 is 0 Å². The Balaban J connectivity index is 1.76.